The van der Waals surface area contributed by atoms with E-state index in [1.165, 1.54) is 12.3 Å². The second-order valence-corrected chi connectivity index (χ2v) is 6.32. The van der Waals surface area contributed by atoms with E-state index in [4.69, 9.17) is 4.74 Å². The van der Waals surface area contributed by atoms with Crippen molar-refractivity contribution < 1.29 is 27.7 Å². The highest BCUT2D eigenvalue weighted by molar-refractivity contribution is 6.05. The van der Waals surface area contributed by atoms with Crippen molar-refractivity contribution in [1.82, 2.24) is 0 Å². The molecule has 27 heavy (non-hydrogen) atoms. The minimum absolute atomic E-state index is 0.0449. The third-order valence-electron chi connectivity index (χ3n) is 4.59. The number of H-pyrrole nitrogens is 1. The zero-order chi connectivity index (χ0) is 19.0. The number of benzene rings is 2. The number of cyclic esters (lactones) is 1. The summed E-state index contributed by atoms with van der Waals surface area (Å²) in [6.45, 7) is 1.02. The number of anilines is 1. The summed E-state index contributed by atoms with van der Waals surface area (Å²) in [6, 6.07) is 13.5. The molecule has 0 bridgehead atoms. The summed E-state index contributed by atoms with van der Waals surface area (Å²) in [5, 5.41) is 0.345. The summed E-state index contributed by atoms with van der Waals surface area (Å²) < 4.78 is 45.5. The highest BCUT2D eigenvalue weighted by Crippen LogP contribution is 2.38. The van der Waals surface area contributed by atoms with E-state index in [0.717, 1.165) is 11.6 Å². The third kappa shape index (κ3) is 3.20. The van der Waals surface area contributed by atoms with Crippen LogP contribution in [-0.4, -0.2) is 19.1 Å². The molecule has 0 unspecified atom stereocenters. The molecule has 2 heterocycles. The van der Waals surface area contributed by atoms with Crippen LogP contribution >= 0.6 is 0 Å². The summed E-state index contributed by atoms with van der Waals surface area (Å²) in [5.41, 5.74) is 0.874. The van der Waals surface area contributed by atoms with Gasteiger partial charge in [-0.25, -0.2) is 9.78 Å². The van der Waals surface area contributed by atoms with Crippen molar-refractivity contribution in [3.63, 3.8) is 0 Å². The summed E-state index contributed by atoms with van der Waals surface area (Å²) in [4.78, 5) is 16.9. The monoisotopic (exact) mass is 373 g/mol. The van der Waals surface area contributed by atoms with Crippen LogP contribution in [0.1, 0.15) is 21.5 Å². The van der Waals surface area contributed by atoms with Crippen LogP contribution in [0.2, 0.25) is 0 Å². The van der Waals surface area contributed by atoms with Crippen LogP contribution in [0.15, 0.2) is 54.7 Å². The second-order valence-electron chi connectivity index (χ2n) is 6.32. The molecule has 1 aliphatic rings. The number of nitrogens with zero attached hydrogens (tertiary/aromatic N) is 1. The Kier molecular flexibility index (Phi) is 4.22. The Balaban J connectivity index is 1.93. The number of para-hydroxylation sites is 1. The second kappa shape index (κ2) is 6.57. The molecule has 0 aliphatic carbocycles. The summed E-state index contributed by atoms with van der Waals surface area (Å²) in [6.07, 6.45) is -3.20. The Morgan fingerprint density at radius 2 is 1.85 bits per heavy atom. The van der Waals surface area contributed by atoms with Crippen LogP contribution in [0, 0.1) is 0 Å². The molecule has 7 heteroatoms. The first kappa shape index (κ1) is 17.3. The zero-order valence-electron chi connectivity index (χ0n) is 14.2. The quantitative estimate of drug-likeness (QED) is 0.641. The van der Waals surface area contributed by atoms with Gasteiger partial charge in [-0.15, -0.1) is 0 Å². The number of hydrogen-bond acceptors (Lipinski definition) is 3. The minimum Gasteiger partial charge on any atom is -0.460 e. The first-order valence-electron chi connectivity index (χ1n) is 8.46. The van der Waals surface area contributed by atoms with Gasteiger partial charge in [0.25, 0.3) is 0 Å². The molecule has 0 saturated heterocycles. The topological polar surface area (TPSA) is 43.7 Å². The van der Waals surface area contributed by atoms with Crippen LogP contribution in [-0.2, 0) is 17.5 Å². The molecule has 138 valence electrons. The van der Waals surface area contributed by atoms with Gasteiger partial charge in [-0.3, -0.25) is 0 Å². The van der Waals surface area contributed by atoms with Gasteiger partial charge in [0, 0.05) is 6.54 Å². The fourth-order valence-corrected chi connectivity index (χ4v) is 3.40. The molecule has 2 aromatic carbocycles. The lowest BCUT2D eigenvalue weighted by atomic mass is 10.0. The lowest BCUT2D eigenvalue weighted by Gasteiger charge is -2.24. The molecule has 1 aromatic heterocycles. The van der Waals surface area contributed by atoms with Crippen molar-refractivity contribution in [1.29, 1.82) is 0 Å². The van der Waals surface area contributed by atoms with Gasteiger partial charge in [0.15, 0.2) is 6.20 Å². The highest BCUT2D eigenvalue weighted by Gasteiger charge is 2.37. The highest BCUT2D eigenvalue weighted by atomic mass is 19.4. The van der Waals surface area contributed by atoms with Crippen molar-refractivity contribution in [3.8, 4) is 0 Å². The normalized spacial score (nSPS) is 14.6. The van der Waals surface area contributed by atoms with Gasteiger partial charge in [-0.05, 0) is 17.7 Å². The number of hydrogen-bond donors (Lipinski definition) is 0. The number of rotatable bonds is 2. The predicted octanol–water partition coefficient (Wildman–Crippen LogP) is 3.85. The Morgan fingerprint density at radius 3 is 2.59 bits per heavy atom. The molecule has 0 spiro atoms. The molecule has 1 aliphatic heterocycles. The average Bonchev–Trinajstić information content (AvgIpc) is 2.80. The molecular formula is C20H16F3N2O2+. The molecule has 4 nitrogen and oxygen atoms in total. The summed E-state index contributed by atoms with van der Waals surface area (Å²) in [5.74, 6) is -0.545. The Bertz CT molecular complexity index is 1000. The molecule has 0 saturated carbocycles. The van der Waals surface area contributed by atoms with Crippen LogP contribution in [0.4, 0.5) is 18.9 Å². The van der Waals surface area contributed by atoms with E-state index >= 15 is 0 Å². The lowest BCUT2D eigenvalue weighted by molar-refractivity contribution is -0.347. The molecule has 1 N–H and O–H groups in total. The van der Waals surface area contributed by atoms with Crippen LogP contribution < -0.4 is 9.88 Å². The number of alkyl halides is 3. The SMILES string of the molecule is O=C1OCCN(Cc2ccccc2)c2c1c[nH+]c1c(C(F)(F)F)cccc21. The average molecular weight is 373 g/mol. The Morgan fingerprint density at radius 1 is 1.07 bits per heavy atom. The summed E-state index contributed by atoms with van der Waals surface area (Å²) >= 11 is 0. The van der Waals surface area contributed by atoms with Gasteiger partial charge in [0.05, 0.1) is 17.6 Å². The largest absolute Gasteiger partial charge is 0.460 e. The number of ether oxygens (including phenoxy) is 1. The van der Waals surface area contributed by atoms with Crippen LogP contribution in [0.3, 0.4) is 0 Å². The Labute approximate surface area is 153 Å². The molecule has 0 amide bonds. The third-order valence-corrected chi connectivity index (χ3v) is 4.59. The van der Waals surface area contributed by atoms with Gasteiger partial charge in [0.1, 0.15) is 17.7 Å². The van der Waals surface area contributed by atoms with Gasteiger partial charge in [0.2, 0.25) is 5.52 Å². The van der Waals surface area contributed by atoms with Gasteiger partial charge in [-0.1, -0.05) is 36.4 Å². The van der Waals surface area contributed by atoms with Crippen molar-refractivity contribution >= 4 is 22.6 Å². The van der Waals surface area contributed by atoms with Crippen molar-refractivity contribution in [3.05, 3.63) is 71.4 Å². The van der Waals surface area contributed by atoms with E-state index in [1.807, 2.05) is 35.2 Å². The number of carbonyl (C=O) groups excluding carboxylic acids is 1. The number of aromatic nitrogens is 1. The maximum atomic E-state index is 13.4. The zero-order valence-corrected chi connectivity index (χ0v) is 14.2. The maximum absolute atomic E-state index is 13.4. The van der Waals surface area contributed by atoms with E-state index in [1.54, 1.807) is 6.07 Å². The molecule has 3 aromatic rings. The van der Waals surface area contributed by atoms with E-state index in [-0.39, 0.29) is 17.7 Å². The molecule has 0 radical (unpaired) electrons. The number of fused-ring (bicyclic) bond motifs is 3. The fourth-order valence-electron chi connectivity index (χ4n) is 3.40. The van der Waals surface area contributed by atoms with Crippen LogP contribution in [0.25, 0.3) is 10.9 Å². The van der Waals surface area contributed by atoms with E-state index in [2.05, 4.69) is 4.98 Å². The number of pyridine rings is 1. The standard InChI is InChI=1S/C20H15F3N2O2/c21-20(22,23)16-8-4-7-14-17(16)24-11-15-18(14)25(9-10-27-19(15)26)12-13-5-2-1-3-6-13/h1-8,11H,9-10,12H2/p+1. The minimum atomic E-state index is -4.50. The van der Waals surface area contributed by atoms with Crippen molar-refractivity contribution in [2.45, 2.75) is 12.7 Å². The van der Waals surface area contributed by atoms with E-state index in [9.17, 15) is 18.0 Å². The van der Waals surface area contributed by atoms with Gasteiger partial charge < -0.3 is 9.64 Å². The number of aromatic amines is 1. The Hall–Kier alpha value is -3.09. The smallest absolute Gasteiger partial charge is 0.422 e. The molecule has 0 fully saturated rings. The molecule has 4 rings (SSSR count). The van der Waals surface area contributed by atoms with Gasteiger partial charge >= 0.3 is 12.1 Å². The molecular weight excluding hydrogens is 357 g/mol. The fraction of sp³-hybridized carbons (Fsp3) is 0.200. The molecule has 0 atom stereocenters. The maximum Gasteiger partial charge on any atom is 0.422 e. The van der Waals surface area contributed by atoms with Gasteiger partial charge in [-0.2, -0.15) is 13.2 Å². The number of halogens is 3. The number of carbonyl (C=O) groups is 1. The van der Waals surface area contributed by atoms with Crippen LogP contribution in [0.5, 0.6) is 0 Å². The van der Waals surface area contributed by atoms with Crippen molar-refractivity contribution in [2.75, 3.05) is 18.1 Å². The van der Waals surface area contributed by atoms with Crippen molar-refractivity contribution in [2.24, 2.45) is 0 Å². The van der Waals surface area contributed by atoms with E-state index in [0.29, 0.717) is 24.2 Å². The summed E-state index contributed by atoms with van der Waals surface area (Å²) in [7, 11) is 0. The van der Waals surface area contributed by atoms with E-state index < -0.39 is 17.7 Å². The lowest BCUT2D eigenvalue weighted by Crippen LogP contribution is -2.27. The predicted molar refractivity (Wildman–Crippen MR) is 93.3 cm³/mol. The number of nitrogens with one attached hydrogen (secondary N) is 1. The first-order chi connectivity index (χ1) is 12.9. The number of esters is 1. The first-order valence-corrected chi connectivity index (χ1v) is 8.46.